The number of rotatable bonds is 5. The standard InChI is InChI=1S/C26H28N6O2/c1-5-9-20-22(26(34)28-13-18-11-8-7-10-16(18)3)23-24(27)29-15-30-25(23)32(20)19-12-17(4)31(14-19)21(33)6-2/h6-8,10-11,15,17,19H,2,12-14H2,1,3-4H3,(H,28,34)(H2,27,29,30). The zero-order chi connectivity index (χ0) is 24.4. The Bertz CT molecular complexity index is 1350. The predicted molar refractivity (Wildman–Crippen MR) is 132 cm³/mol. The van der Waals surface area contributed by atoms with Crippen molar-refractivity contribution in [2.24, 2.45) is 0 Å². The van der Waals surface area contributed by atoms with Crippen LogP contribution >= 0.6 is 0 Å². The summed E-state index contributed by atoms with van der Waals surface area (Å²) in [6, 6.07) is 7.78. The van der Waals surface area contributed by atoms with Crippen LogP contribution in [0, 0.1) is 18.8 Å². The monoisotopic (exact) mass is 456 g/mol. The average Bonchev–Trinajstić information content (AvgIpc) is 3.36. The maximum Gasteiger partial charge on any atom is 0.255 e. The van der Waals surface area contributed by atoms with Gasteiger partial charge in [0.15, 0.2) is 0 Å². The first-order valence-electron chi connectivity index (χ1n) is 11.2. The molecule has 1 aromatic carbocycles. The molecule has 2 atom stereocenters. The van der Waals surface area contributed by atoms with Crippen LogP contribution in [0.15, 0.2) is 43.2 Å². The summed E-state index contributed by atoms with van der Waals surface area (Å²) in [6.07, 6.45) is 3.40. The Morgan fingerprint density at radius 1 is 1.32 bits per heavy atom. The quantitative estimate of drug-likeness (QED) is 0.454. The van der Waals surface area contributed by atoms with E-state index in [2.05, 4.69) is 33.7 Å². The summed E-state index contributed by atoms with van der Waals surface area (Å²) in [6.45, 7) is 10.2. The van der Waals surface area contributed by atoms with Crippen LogP contribution in [-0.4, -0.2) is 43.8 Å². The summed E-state index contributed by atoms with van der Waals surface area (Å²) < 4.78 is 1.94. The lowest BCUT2D eigenvalue weighted by molar-refractivity contribution is -0.126. The third-order valence-corrected chi connectivity index (χ3v) is 6.36. The number of nitrogens with one attached hydrogen (secondary N) is 1. The fraction of sp³-hybridized carbons (Fsp3) is 0.308. The van der Waals surface area contributed by atoms with Gasteiger partial charge in [-0.05, 0) is 50.3 Å². The van der Waals surface area contributed by atoms with E-state index in [-0.39, 0.29) is 29.7 Å². The third kappa shape index (κ3) is 4.01. The van der Waals surface area contributed by atoms with E-state index in [1.165, 1.54) is 12.4 Å². The highest BCUT2D eigenvalue weighted by atomic mass is 16.2. The fourth-order valence-corrected chi connectivity index (χ4v) is 4.66. The summed E-state index contributed by atoms with van der Waals surface area (Å²) in [5.74, 6) is 5.83. The number of fused-ring (bicyclic) bond motifs is 1. The largest absolute Gasteiger partial charge is 0.383 e. The molecule has 3 N–H and O–H groups in total. The van der Waals surface area contributed by atoms with Gasteiger partial charge < -0.3 is 20.5 Å². The van der Waals surface area contributed by atoms with Crippen LogP contribution in [0.3, 0.4) is 0 Å². The number of hydrogen-bond donors (Lipinski definition) is 2. The molecule has 0 bridgehead atoms. The number of benzene rings is 1. The number of nitrogens with two attached hydrogens (primary N) is 1. The third-order valence-electron chi connectivity index (χ3n) is 6.36. The van der Waals surface area contributed by atoms with Crippen molar-refractivity contribution in [1.82, 2.24) is 24.8 Å². The number of anilines is 1. The normalized spacial score (nSPS) is 17.3. The number of nitrogen functional groups attached to an aromatic ring is 1. The molecule has 4 rings (SSSR count). The molecule has 2 amide bonds. The van der Waals surface area contributed by atoms with Crippen molar-refractivity contribution in [2.75, 3.05) is 12.3 Å². The zero-order valence-electron chi connectivity index (χ0n) is 19.6. The molecule has 0 radical (unpaired) electrons. The highest BCUT2D eigenvalue weighted by molar-refractivity contribution is 6.11. The Hall–Kier alpha value is -4.12. The molecule has 1 aliphatic heterocycles. The lowest BCUT2D eigenvalue weighted by atomic mass is 10.1. The number of hydrogen-bond acceptors (Lipinski definition) is 5. The molecule has 34 heavy (non-hydrogen) atoms. The van der Waals surface area contributed by atoms with E-state index in [0.29, 0.717) is 41.8 Å². The molecule has 0 saturated carbocycles. The predicted octanol–water partition coefficient (Wildman–Crippen LogP) is 2.97. The van der Waals surface area contributed by atoms with Gasteiger partial charge in [-0.2, -0.15) is 0 Å². The number of amides is 2. The second-order valence-corrected chi connectivity index (χ2v) is 8.47. The molecule has 3 aromatic rings. The molecule has 3 heterocycles. The van der Waals surface area contributed by atoms with Crippen LogP contribution in [0.5, 0.6) is 0 Å². The molecule has 0 aliphatic carbocycles. The van der Waals surface area contributed by atoms with Crippen molar-refractivity contribution in [3.63, 3.8) is 0 Å². The van der Waals surface area contributed by atoms with Crippen molar-refractivity contribution >= 4 is 28.7 Å². The van der Waals surface area contributed by atoms with Crippen LogP contribution in [0.4, 0.5) is 5.82 Å². The Morgan fingerprint density at radius 2 is 2.09 bits per heavy atom. The van der Waals surface area contributed by atoms with Gasteiger partial charge in [-0.15, -0.1) is 0 Å². The van der Waals surface area contributed by atoms with Gasteiger partial charge in [0, 0.05) is 19.1 Å². The minimum Gasteiger partial charge on any atom is -0.383 e. The van der Waals surface area contributed by atoms with Crippen LogP contribution in [0.1, 0.15) is 53.5 Å². The summed E-state index contributed by atoms with van der Waals surface area (Å²) in [4.78, 5) is 36.3. The number of aromatic nitrogens is 3. The first-order valence-corrected chi connectivity index (χ1v) is 11.2. The summed E-state index contributed by atoms with van der Waals surface area (Å²) in [5, 5.41) is 3.49. The van der Waals surface area contributed by atoms with E-state index in [9.17, 15) is 9.59 Å². The van der Waals surface area contributed by atoms with Gasteiger partial charge >= 0.3 is 0 Å². The number of carbonyl (C=O) groups is 2. The van der Waals surface area contributed by atoms with E-state index in [1.807, 2.05) is 42.7 Å². The molecule has 0 spiro atoms. The van der Waals surface area contributed by atoms with Gasteiger partial charge in [0.05, 0.1) is 17.0 Å². The summed E-state index contributed by atoms with van der Waals surface area (Å²) in [7, 11) is 0. The minimum atomic E-state index is -0.295. The van der Waals surface area contributed by atoms with Crippen LogP contribution in [0.25, 0.3) is 11.0 Å². The number of aryl methyl sites for hydroxylation is 1. The van der Waals surface area contributed by atoms with Gasteiger partial charge in [0.25, 0.3) is 5.91 Å². The molecule has 1 aliphatic rings. The topological polar surface area (TPSA) is 106 Å². The van der Waals surface area contributed by atoms with Gasteiger partial charge in [-0.25, -0.2) is 9.97 Å². The smallest absolute Gasteiger partial charge is 0.255 e. The molecular weight excluding hydrogens is 428 g/mol. The zero-order valence-corrected chi connectivity index (χ0v) is 19.6. The molecule has 8 heteroatoms. The first-order chi connectivity index (χ1) is 16.4. The number of carbonyl (C=O) groups excluding carboxylic acids is 2. The Balaban J connectivity index is 1.81. The van der Waals surface area contributed by atoms with Crippen LogP contribution < -0.4 is 11.1 Å². The SMILES string of the molecule is C=CC(=O)N1CC(n2c(C#CC)c(C(=O)NCc3ccccc3C)c3c(N)ncnc32)CC1C. The Morgan fingerprint density at radius 3 is 2.79 bits per heavy atom. The van der Waals surface area contributed by atoms with Crippen LogP contribution in [-0.2, 0) is 11.3 Å². The van der Waals surface area contributed by atoms with Crippen molar-refractivity contribution in [2.45, 2.75) is 45.8 Å². The van der Waals surface area contributed by atoms with Gasteiger partial charge in [0.2, 0.25) is 5.91 Å². The molecule has 2 unspecified atom stereocenters. The molecule has 2 aromatic heterocycles. The average molecular weight is 457 g/mol. The lowest BCUT2D eigenvalue weighted by Gasteiger charge is -2.19. The summed E-state index contributed by atoms with van der Waals surface area (Å²) in [5.41, 5.74) is 9.79. The van der Waals surface area contributed by atoms with Crippen molar-refractivity contribution < 1.29 is 9.59 Å². The second-order valence-electron chi connectivity index (χ2n) is 8.47. The van der Waals surface area contributed by atoms with E-state index in [1.54, 1.807) is 11.8 Å². The number of nitrogens with zero attached hydrogens (tertiary/aromatic N) is 4. The molecule has 1 saturated heterocycles. The van der Waals surface area contributed by atoms with Crippen molar-refractivity contribution in [3.8, 4) is 11.8 Å². The van der Waals surface area contributed by atoms with Gasteiger partial charge in [-0.3, -0.25) is 9.59 Å². The highest BCUT2D eigenvalue weighted by Crippen LogP contribution is 2.36. The van der Waals surface area contributed by atoms with Crippen molar-refractivity contribution in [1.29, 1.82) is 0 Å². The van der Waals surface area contributed by atoms with E-state index in [4.69, 9.17) is 5.73 Å². The molecule has 1 fully saturated rings. The van der Waals surface area contributed by atoms with Gasteiger partial charge in [0.1, 0.15) is 23.5 Å². The molecule has 8 nitrogen and oxygen atoms in total. The summed E-state index contributed by atoms with van der Waals surface area (Å²) >= 11 is 0. The minimum absolute atomic E-state index is 0.00732. The lowest BCUT2D eigenvalue weighted by Crippen LogP contribution is -2.32. The Labute approximate surface area is 198 Å². The van der Waals surface area contributed by atoms with E-state index >= 15 is 0 Å². The maximum absolute atomic E-state index is 13.5. The highest BCUT2D eigenvalue weighted by Gasteiger charge is 2.36. The second kappa shape index (κ2) is 9.40. The van der Waals surface area contributed by atoms with E-state index in [0.717, 1.165) is 11.1 Å². The first kappa shape index (κ1) is 23.1. The molecular formula is C26H28N6O2. The maximum atomic E-state index is 13.5. The van der Waals surface area contributed by atoms with Crippen molar-refractivity contribution in [3.05, 3.63) is 65.6 Å². The van der Waals surface area contributed by atoms with Gasteiger partial charge in [-0.1, -0.05) is 36.8 Å². The number of likely N-dealkylation sites (tertiary alicyclic amines) is 1. The Kier molecular flexibility index (Phi) is 6.37. The fourth-order valence-electron chi connectivity index (χ4n) is 4.66. The molecule has 174 valence electrons. The van der Waals surface area contributed by atoms with Crippen LogP contribution in [0.2, 0.25) is 0 Å². The van der Waals surface area contributed by atoms with E-state index < -0.39 is 0 Å².